The second kappa shape index (κ2) is 5.48. The fourth-order valence-electron chi connectivity index (χ4n) is 2.16. The van der Waals surface area contributed by atoms with Crippen molar-refractivity contribution >= 4 is 0 Å². The molecule has 2 saturated carbocycles. The van der Waals surface area contributed by atoms with Crippen molar-refractivity contribution in [1.29, 1.82) is 0 Å². The van der Waals surface area contributed by atoms with Gasteiger partial charge in [0.1, 0.15) is 0 Å². The molecule has 94 valence electrons. The summed E-state index contributed by atoms with van der Waals surface area (Å²) in [6.45, 7) is 7.01. The van der Waals surface area contributed by atoms with Crippen molar-refractivity contribution < 1.29 is 5.11 Å². The quantitative estimate of drug-likeness (QED) is 0.653. The van der Waals surface area contributed by atoms with Crippen molar-refractivity contribution in [3.63, 3.8) is 0 Å². The van der Waals surface area contributed by atoms with Crippen molar-refractivity contribution in [2.45, 2.75) is 57.7 Å². The molecule has 0 amide bonds. The molecular formula is C13H26N2O. The monoisotopic (exact) mass is 226 g/mol. The third-order valence-electron chi connectivity index (χ3n) is 3.64. The Morgan fingerprint density at radius 2 is 1.94 bits per heavy atom. The van der Waals surface area contributed by atoms with Crippen molar-refractivity contribution in [3.05, 3.63) is 0 Å². The molecule has 0 aromatic carbocycles. The zero-order valence-corrected chi connectivity index (χ0v) is 10.7. The van der Waals surface area contributed by atoms with Gasteiger partial charge in [-0.25, -0.2) is 0 Å². The van der Waals surface area contributed by atoms with Gasteiger partial charge in [-0.3, -0.25) is 4.90 Å². The predicted molar refractivity (Wildman–Crippen MR) is 66.5 cm³/mol. The topological polar surface area (TPSA) is 35.5 Å². The van der Waals surface area contributed by atoms with Crippen molar-refractivity contribution in [2.75, 3.05) is 19.7 Å². The molecule has 0 spiro atoms. The van der Waals surface area contributed by atoms with Crippen molar-refractivity contribution in [3.8, 4) is 0 Å². The zero-order valence-electron chi connectivity index (χ0n) is 10.7. The fraction of sp³-hybridized carbons (Fsp3) is 1.00. The highest BCUT2D eigenvalue weighted by molar-refractivity contribution is 4.87. The Morgan fingerprint density at radius 1 is 1.25 bits per heavy atom. The van der Waals surface area contributed by atoms with Crippen LogP contribution in [0.25, 0.3) is 0 Å². The summed E-state index contributed by atoms with van der Waals surface area (Å²) in [5.74, 6) is 0.933. The molecule has 2 aliphatic rings. The lowest BCUT2D eigenvalue weighted by Gasteiger charge is -2.30. The molecule has 0 radical (unpaired) electrons. The zero-order chi connectivity index (χ0) is 11.5. The molecule has 0 aliphatic heterocycles. The van der Waals surface area contributed by atoms with Crippen LogP contribution < -0.4 is 5.32 Å². The van der Waals surface area contributed by atoms with Gasteiger partial charge in [-0.05, 0) is 45.4 Å². The van der Waals surface area contributed by atoms with Gasteiger partial charge in [-0.2, -0.15) is 0 Å². The molecule has 0 aromatic rings. The van der Waals surface area contributed by atoms with Gasteiger partial charge in [-0.1, -0.05) is 0 Å². The number of rotatable bonds is 8. The van der Waals surface area contributed by atoms with Crippen LogP contribution in [0.3, 0.4) is 0 Å². The highest BCUT2D eigenvalue weighted by Crippen LogP contribution is 2.30. The van der Waals surface area contributed by atoms with Gasteiger partial charge in [-0.15, -0.1) is 0 Å². The highest BCUT2D eigenvalue weighted by atomic mass is 16.3. The molecule has 2 aliphatic carbocycles. The smallest absolute Gasteiger partial charge is 0.0597 e. The third-order valence-corrected chi connectivity index (χ3v) is 3.64. The van der Waals surface area contributed by atoms with Crippen molar-refractivity contribution in [2.24, 2.45) is 5.92 Å². The minimum atomic E-state index is 0.268. The van der Waals surface area contributed by atoms with Crippen LogP contribution in [-0.2, 0) is 0 Å². The SMILES string of the molecule is CC(C)N(CC1CC1)CC(CO)NC1CC1. The van der Waals surface area contributed by atoms with E-state index in [-0.39, 0.29) is 12.6 Å². The van der Waals surface area contributed by atoms with Gasteiger partial charge in [0.15, 0.2) is 0 Å². The summed E-state index contributed by atoms with van der Waals surface area (Å²) in [7, 11) is 0. The summed E-state index contributed by atoms with van der Waals surface area (Å²) in [6, 6.07) is 1.55. The second-order valence-electron chi connectivity index (χ2n) is 5.81. The van der Waals surface area contributed by atoms with E-state index in [4.69, 9.17) is 0 Å². The Kier molecular flexibility index (Phi) is 4.22. The molecule has 2 fully saturated rings. The van der Waals surface area contributed by atoms with Crippen molar-refractivity contribution in [1.82, 2.24) is 10.2 Å². The highest BCUT2D eigenvalue weighted by Gasteiger charge is 2.29. The maximum Gasteiger partial charge on any atom is 0.0597 e. The molecule has 3 nitrogen and oxygen atoms in total. The molecule has 3 heteroatoms. The van der Waals surface area contributed by atoms with E-state index in [1.807, 2.05) is 0 Å². The lowest BCUT2D eigenvalue weighted by molar-refractivity contribution is 0.151. The van der Waals surface area contributed by atoms with E-state index in [9.17, 15) is 5.11 Å². The first-order valence-electron chi connectivity index (χ1n) is 6.80. The summed E-state index contributed by atoms with van der Waals surface area (Å²) in [6.07, 6.45) is 5.40. The molecule has 0 heterocycles. The van der Waals surface area contributed by atoms with E-state index in [0.29, 0.717) is 12.1 Å². The molecule has 0 bridgehead atoms. The number of hydrogen-bond acceptors (Lipinski definition) is 3. The molecule has 0 aromatic heterocycles. The molecule has 0 saturated heterocycles. The molecule has 2 N–H and O–H groups in total. The molecule has 1 unspecified atom stereocenters. The van der Waals surface area contributed by atoms with Crippen LogP contribution in [0.5, 0.6) is 0 Å². The van der Waals surface area contributed by atoms with E-state index in [0.717, 1.165) is 12.5 Å². The third kappa shape index (κ3) is 4.04. The molecular weight excluding hydrogens is 200 g/mol. The summed E-state index contributed by atoms with van der Waals surface area (Å²) in [5, 5.41) is 12.9. The first kappa shape index (κ1) is 12.3. The first-order valence-corrected chi connectivity index (χ1v) is 6.80. The van der Waals surface area contributed by atoms with Gasteiger partial charge < -0.3 is 10.4 Å². The van der Waals surface area contributed by atoms with Crippen LogP contribution in [-0.4, -0.2) is 47.8 Å². The van der Waals surface area contributed by atoms with Crippen LogP contribution in [0.4, 0.5) is 0 Å². The fourth-order valence-corrected chi connectivity index (χ4v) is 2.16. The summed E-state index contributed by atoms with van der Waals surface area (Å²) in [4.78, 5) is 2.52. The number of aliphatic hydroxyl groups is 1. The Morgan fingerprint density at radius 3 is 2.38 bits per heavy atom. The normalized spacial score (nSPS) is 23.1. The van der Waals surface area contributed by atoms with Gasteiger partial charge in [0, 0.05) is 31.2 Å². The largest absolute Gasteiger partial charge is 0.395 e. The minimum absolute atomic E-state index is 0.268. The van der Waals surface area contributed by atoms with Crippen LogP contribution in [0, 0.1) is 5.92 Å². The van der Waals surface area contributed by atoms with Crippen LogP contribution >= 0.6 is 0 Å². The number of nitrogens with zero attached hydrogens (tertiary/aromatic N) is 1. The van der Waals surface area contributed by atoms with E-state index < -0.39 is 0 Å². The predicted octanol–water partition coefficient (Wildman–Crippen LogP) is 1.22. The maximum atomic E-state index is 9.39. The maximum absolute atomic E-state index is 9.39. The van der Waals surface area contributed by atoms with Crippen LogP contribution in [0.15, 0.2) is 0 Å². The van der Waals surface area contributed by atoms with E-state index >= 15 is 0 Å². The van der Waals surface area contributed by atoms with E-state index in [1.54, 1.807) is 0 Å². The van der Waals surface area contributed by atoms with E-state index in [1.165, 1.54) is 32.2 Å². The van der Waals surface area contributed by atoms with Gasteiger partial charge >= 0.3 is 0 Å². The van der Waals surface area contributed by atoms with Gasteiger partial charge in [0.2, 0.25) is 0 Å². The molecule has 2 rings (SSSR count). The second-order valence-corrected chi connectivity index (χ2v) is 5.81. The Balaban J connectivity index is 1.75. The molecule has 1 atom stereocenters. The minimum Gasteiger partial charge on any atom is -0.395 e. The Labute approximate surface area is 99.2 Å². The number of aliphatic hydroxyl groups excluding tert-OH is 1. The van der Waals surface area contributed by atoms with Gasteiger partial charge in [0.05, 0.1) is 6.61 Å². The first-order chi connectivity index (χ1) is 7.69. The van der Waals surface area contributed by atoms with E-state index in [2.05, 4.69) is 24.1 Å². The average Bonchev–Trinajstić information content (AvgIpc) is 3.10. The lowest BCUT2D eigenvalue weighted by Crippen LogP contribution is -2.47. The van der Waals surface area contributed by atoms with Crippen LogP contribution in [0.1, 0.15) is 39.5 Å². The summed E-state index contributed by atoms with van der Waals surface area (Å²) < 4.78 is 0. The average molecular weight is 226 g/mol. The Hall–Kier alpha value is -0.120. The van der Waals surface area contributed by atoms with Gasteiger partial charge in [0.25, 0.3) is 0 Å². The standard InChI is InChI=1S/C13H26N2O/c1-10(2)15(7-11-3-4-11)8-13(9-16)14-12-5-6-12/h10-14,16H,3-9H2,1-2H3. The Bertz CT molecular complexity index is 212. The molecule has 16 heavy (non-hydrogen) atoms. The lowest BCUT2D eigenvalue weighted by atomic mass is 10.2. The number of nitrogens with one attached hydrogen (secondary N) is 1. The summed E-state index contributed by atoms with van der Waals surface area (Å²) in [5.41, 5.74) is 0. The summed E-state index contributed by atoms with van der Waals surface area (Å²) >= 11 is 0. The van der Waals surface area contributed by atoms with Crippen LogP contribution in [0.2, 0.25) is 0 Å². The number of hydrogen-bond donors (Lipinski definition) is 2.